The Labute approximate surface area is 95.0 Å². The second-order valence-electron chi connectivity index (χ2n) is 2.70. The van der Waals surface area contributed by atoms with Gasteiger partial charge in [0.2, 0.25) is 0 Å². The summed E-state index contributed by atoms with van der Waals surface area (Å²) in [6, 6.07) is 5.66. The monoisotopic (exact) mass is 236 g/mol. The van der Waals surface area contributed by atoms with Gasteiger partial charge in [-0.2, -0.15) is 5.10 Å². The molecule has 6 heteroatoms. The van der Waals surface area contributed by atoms with Gasteiger partial charge in [-0.1, -0.05) is 17.8 Å². The summed E-state index contributed by atoms with van der Waals surface area (Å²) in [5.74, 6) is 0.0176. The Hall–Kier alpha value is -1.40. The Bertz CT molecular complexity index is 467. The number of rotatable bonds is 3. The first-order chi connectivity index (χ1) is 7.27. The van der Waals surface area contributed by atoms with Crippen LogP contribution in [0.25, 0.3) is 0 Å². The molecule has 0 bridgehead atoms. The number of nitrogen functional groups attached to an aromatic ring is 1. The summed E-state index contributed by atoms with van der Waals surface area (Å²) in [5.41, 5.74) is 6.08. The van der Waals surface area contributed by atoms with E-state index in [0.29, 0.717) is 10.6 Å². The van der Waals surface area contributed by atoms with E-state index in [2.05, 4.69) is 10.2 Å². The zero-order valence-electron chi connectivity index (χ0n) is 7.68. The third-order valence-corrected chi connectivity index (χ3v) is 3.70. The van der Waals surface area contributed by atoms with Crippen molar-refractivity contribution in [3.8, 4) is 0 Å². The van der Waals surface area contributed by atoms with Crippen LogP contribution in [0.15, 0.2) is 39.0 Å². The fourth-order valence-corrected chi connectivity index (χ4v) is 2.77. The number of nitrogens with zero attached hydrogens (tertiary/aromatic N) is 2. The van der Waals surface area contributed by atoms with Crippen molar-refractivity contribution in [3.63, 3.8) is 0 Å². The molecule has 2 aromatic heterocycles. The number of hydrogen-bond donors (Lipinski definition) is 2. The second-order valence-corrected chi connectivity index (χ2v) is 4.93. The van der Waals surface area contributed by atoms with Gasteiger partial charge < -0.3 is 5.73 Å². The highest BCUT2D eigenvalue weighted by Crippen LogP contribution is 2.31. The number of nitrogens with two attached hydrogens (primary N) is 1. The van der Waals surface area contributed by atoms with Gasteiger partial charge >= 0.3 is 0 Å². The highest BCUT2D eigenvalue weighted by molar-refractivity contribution is 8.01. The van der Waals surface area contributed by atoms with Crippen LogP contribution < -0.4 is 5.73 Å². The van der Waals surface area contributed by atoms with E-state index in [9.17, 15) is 0 Å². The number of aromatic nitrogens is 2. The number of thiophene rings is 1. The van der Waals surface area contributed by atoms with Crippen molar-refractivity contribution < 1.29 is 0 Å². The maximum absolute atomic E-state index is 7.41. The first-order valence-electron chi connectivity index (χ1n) is 4.15. The standard InChI is InChI=1S/C9H8N4S2/c10-8(11)6-3-4-12-13-9(6)15-7-2-1-5-14-7/h1-5H,(H3,10,11). The molecule has 0 aliphatic carbocycles. The molecule has 0 saturated heterocycles. The topological polar surface area (TPSA) is 75.7 Å². The van der Waals surface area contributed by atoms with E-state index in [4.69, 9.17) is 11.1 Å². The predicted octanol–water partition coefficient (Wildman–Crippen LogP) is 1.97. The van der Waals surface area contributed by atoms with Gasteiger partial charge in [0, 0.05) is 0 Å². The van der Waals surface area contributed by atoms with Crippen molar-refractivity contribution >= 4 is 28.9 Å². The van der Waals surface area contributed by atoms with Gasteiger partial charge in [-0.15, -0.1) is 16.4 Å². The maximum atomic E-state index is 7.41. The van der Waals surface area contributed by atoms with Crippen molar-refractivity contribution in [2.45, 2.75) is 9.24 Å². The summed E-state index contributed by atoms with van der Waals surface area (Å²) in [5, 5.41) is 17.8. The second kappa shape index (κ2) is 4.41. The minimum Gasteiger partial charge on any atom is -0.384 e. The molecular formula is C9H8N4S2. The van der Waals surface area contributed by atoms with E-state index < -0.39 is 0 Å². The Morgan fingerprint density at radius 1 is 1.47 bits per heavy atom. The summed E-state index contributed by atoms with van der Waals surface area (Å²) in [7, 11) is 0. The minimum absolute atomic E-state index is 0.0176. The molecule has 0 amide bonds. The SMILES string of the molecule is N=C(N)c1ccnnc1Sc1cccs1. The molecule has 15 heavy (non-hydrogen) atoms. The third-order valence-electron chi connectivity index (χ3n) is 1.67. The Morgan fingerprint density at radius 2 is 2.33 bits per heavy atom. The van der Waals surface area contributed by atoms with Crippen LogP contribution in [0.3, 0.4) is 0 Å². The molecule has 0 fully saturated rings. The van der Waals surface area contributed by atoms with E-state index in [0.717, 1.165) is 4.21 Å². The molecule has 0 atom stereocenters. The van der Waals surface area contributed by atoms with Crippen LogP contribution in [-0.2, 0) is 0 Å². The van der Waals surface area contributed by atoms with Gasteiger partial charge in [-0.05, 0) is 17.5 Å². The van der Waals surface area contributed by atoms with Crippen LogP contribution >= 0.6 is 23.1 Å². The van der Waals surface area contributed by atoms with Gasteiger partial charge in [0.1, 0.15) is 10.9 Å². The predicted molar refractivity (Wildman–Crippen MR) is 61.5 cm³/mol. The summed E-state index contributed by atoms with van der Waals surface area (Å²) in [4.78, 5) is 0. The first-order valence-corrected chi connectivity index (χ1v) is 5.84. The van der Waals surface area contributed by atoms with Crippen molar-refractivity contribution in [1.82, 2.24) is 10.2 Å². The lowest BCUT2D eigenvalue weighted by atomic mass is 10.3. The highest BCUT2D eigenvalue weighted by Gasteiger charge is 2.08. The van der Waals surface area contributed by atoms with Gasteiger partial charge in [-0.3, -0.25) is 5.41 Å². The van der Waals surface area contributed by atoms with Crippen LogP contribution in [0.5, 0.6) is 0 Å². The van der Waals surface area contributed by atoms with E-state index in [1.807, 2.05) is 17.5 Å². The molecule has 2 aromatic rings. The van der Waals surface area contributed by atoms with Gasteiger partial charge in [0.15, 0.2) is 0 Å². The zero-order chi connectivity index (χ0) is 10.7. The van der Waals surface area contributed by atoms with E-state index >= 15 is 0 Å². The molecule has 0 aliphatic rings. The molecule has 0 unspecified atom stereocenters. The lowest BCUT2D eigenvalue weighted by molar-refractivity contribution is 0.922. The molecule has 0 radical (unpaired) electrons. The van der Waals surface area contributed by atoms with E-state index in [-0.39, 0.29) is 5.84 Å². The van der Waals surface area contributed by atoms with Crippen LogP contribution in [0.2, 0.25) is 0 Å². The lowest BCUT2D eigenvalue weighted by Crippen LogP contribution is -2.13. The molecule has 76 valence electrons. The van der Waals surface area contributed by atoms with Crippen LogP contribution in [0.1, 0.15) is 5.56 Å². The Kier molecular flexibility index (Phi) is 2.98. The summed E-state index contributed by atoms with van der Waals surface area (Å²) < 4.78 is 1.11. The number of nitrogens with one attached hydrogen (secondary N) is 1. The lowest BCUT2D eigenvalue weighted by Gasteiger charge is -2.03. The molecule has 0 spiro atoms. The highest BCUT2D eigenvalue weighted by atomic mass is 32.2. The fraction of sp³-hybridized carbons (Fsp3) is 0. The Balaban J connectivity index is 2.32. The average molecular weight is 236 g/mol. The smallest absolute Gasteiger partial charge is 0.135 e. The van der Waals surface area contributed by atoms with Crippen molar-refractivity contribution in [3.05, 3.63) is 35.3 Å². The van der Waals surface area contributed by atoms with Crippen LogP contribution in [0, 0.1) is 5.41 Å². The van der Waals surface area contributed by atoms with Gasteiger partial charge in [0.25, 0.3) is 0 Å². The minimum atomic E-state index is 0.0176. The van der Waals surface area contributed by atoms with E-state index in [1.165, 1.54) is 18.0 Å². The molecule has 0 saturated carbocycles. The number of amidine groups is 1. The first kappa shape index (κ1) is 10.1. The third kappa shape index (κ3) is 2.34. The van der Waals surface area contributed by atoms with Crippen molar-refractivity contribution in [1.29, 1.82) is 5.41 Å². The molecule has 0 aromatic carbocycles. The molecule has 4 nitrogen and oxygen atoms in total. The average Bonchev–Trinajstić information content (AvgIpc) is 2.71. The normalized spacial score (nSPS) is 10.1. The summed E-state index contributed by atoms with van der Waals surface area (Å²) in [6.45, 7) is 0. The molecule has 0 aliphatic heterocycles. The van der Waals surface area contributed by atoms with Crippen molar-refractivity contribution in [2.24, 2.45) is 5.73 Å². The van der Waals surface area contributed by atoms with Crippen molar-refractivity contribution in [2.75, 3.05) is 0 Å². The van der Waals surface area contributed by atoms with Gasteiger partial charge in [0.05, 0.1) is 16.0 Å². The molecule has 2 heterocycles. The largest absolute Gasteiger partial charge is 0.384 e. The van der Waals surface area contributed by atoms with Crippen LogP contribution in [0.4, 0.5) is 0 Å². The maximum Gasteiger partial charge on any atom is 0.135 e. The quantitative estimate of drug-likeness (QED) is 0.631. The van der Waals surface area contributed by atoms with E-state index in [1.54, 1.807) is 17.4 Å². The zero-order valence-corrected chi connectivity index (χ0v) is 9.31. The Morgan fingerprint density at radius 3 is 3.00 bits per heavy atom. The summed E-state index contributed by atoms with van der Waals surface area (Å²) >= 11 is 3.10. The van der Waals surface area contributed by atoms with Crippen LogP contribution in [-0.4, -0.2) is 16.0 Å². The fourth-order valence-electron chi connectivity index (χ4n) is 1.02. The summed E-state index contributed by atoms with van der Waals surface area (Å²) in [6.07, 6.45) is 1.54. The molecule has 3 N–H and O–H groups in total. The van der Waals surface area contributed by atoms with Gasteiger partial charge in [-0.25, -0.2) is 0 Å². The molecule has 2 rings (SSSR count). The number of hydrogen-bond acceptors (Lipinski definition) is 5. The molecular weight excluding hydrogens is 228 g/mol.